The van der Waals surface area contributed by atoms with Crippen molar-refractivity contribution in [2.45, 2.75) is 16.7 Å². The minimum absolute atomic E-state index is 0.0358. The van der Waals surface area contributed by atoms with Gasteiger partial charge in [-0.3, -0.25) is 9.27 Å². The number of benzene rings is 1. The van der Waals surface area contributed by atoms with Crippen LogP contribution >= 0.6 is 12.0 Å². The van der Waals surface area contributed by atoms with Crippen LogP contribution < -0.4 is 4.72 Å². The Kier molecular flexibility index (Phi) is 5.72. The summed E-state index contributed by atoms with van der Waals surface area (Å²) < 4.78 is 63.1. The van der Waals surface area contributed by atoms with E-state index in [1.54, 1.807) is 6.92 Å². The first-order chi connectivity index (χ1) is 11.5. The molecule has 0 aliphatic rings. The molecule has 2 aromatic rings. The second kappa shape index (κ2) is 7.28. The Morgan fingerprint density at radius 1 is 1.24 bits per heavy atom. The van der Waals surface area contributed by atoms with E-state index in [0.29, 0.717) is 17.7 Å². The second-order valence-corrected chi connectivity index (χ2v) is 8.70. The highest BCUT2D eigenvalue weighted by Gasteiger charge is 2.21. The molecule has 1 heterocycles. The molecule has 0 fully saturated rings. The van der Waals surface area contributed by atoms with Crippen molar-refractivity contribution < 1.29 is 36.0 Å². The topological polar surface area (TPSA) is 157 Å². The molecule has 0 saturated carbocycles. The van der Waals surface area contributed by atoms with Gasteiger partial charge in [0.2, 0.25) is 10.0 Å². The summed E-state index contributed by atoms with van der Waals surface area (Å²) in [6.45, 7) is 1.57. The maximum atomic E-state index is 11.6. The summed E-state index contributed by atoms with van der Waals surface area (Å²) in [6.07, 6.45) is 0.919. The van der Waals surface area contributed by atoms with Crippen molar-refractivity contribution in [3.63, 3.8) is 0 Å². The molecule has 0 spiro atoms. The average Bonchev–Trinajstić information content (AvgIpc) is 2.82. The Hall–Kier alpha value is -1.68. The lowest BCUT2D eigenvalue weighted by Gasteiger charge is -2.12. The van der Waals surface area contributed by atoms with E-state index in [-0.39, 0.29) is 16.4 Å². The number of sulfonamides is 1. The molecule has 1 aromatic carbocycles. The number of anilines is 1. The molecule has 0 radical (unpaired) electrons. The summed E-state index contributed by atoms with van der Waals surface area (Å²) in [7, 11) is -8.31. The Bertz CT molecular complexity index is 984. The van der Waals surface area contributed by atoms with Gasteiger partial charge in [0.05, 0.1) is 29.7 Å². The Morgan fingerprint density at radius 3 is 2.48 bits per heavy atom. The smallest absolute Gasteiger partial charge is 0.282 e. The van der Waals surface area contributed by atoms with E-state index in [4.69, 9.17) is 5.26 Å². The van der Waals surface area contributed by atoms with E-state index in [0.717, 1.165) is 17.0 Å². The van der Waals surface area contributed by atoms with Gasteiger partial charge in [-0.2, -0.15) is 13.5 Å². The number of aryl methyl sites for hydroxylation is 1. The maximum absolute atomic E-state index is 11.6. The highest BCUT2D eigenvalue weighted by Crippen LogP contribution is 2.29. The van der Waals surface area contributed by atoms with Crippen molar-refractivity contribution in [3.8, 4) is 5.69 Å². The van der Waals surface area contributed by atoms with Crippen molar-refractivity contribution in [1.29, 1.82) is 0 Å². The van der Waals surface area contributed by atoms with Gasteiger partial charge in [0.25, 0.3) is 10.1 Å². The highest BCUT2D eigenvalue weighted by atomic mass is 32.2. The van der Waals surface area contributed by atoms with E-state index in [1.807, 2.05) is 0 Å². The molecule has 0 aliphatic carbocycles. The van der Waals surface area contributed by atoms with Gasteiger partial charge in [0, 0.05) is 11.0 Å². The summed E-state index contributed by atoms with van der Waals surface area (Å²) in [5.74, 6) is -0.0358. The quantitative estimate of drug-likeness (QED) is 0.262. The van der Waals surface area contributed by atoms with Crippen LogP contribution in [-0.4, -0.2) is 42.7 Å². The first-order valence-electron chi connectivity index (χ1n) is 6.32. The molecule has 2 rings (SSSR count). The van der Waals surface area contributed by atoms with Crippen molar-refractivity contribution in [1.82, 2.24) is 9.78 Å². The number of rotatable bonds is 7. The van der Waals surface area contributed by atoms with E-state index < -0.39 is 25.0 Å². The van der Waals surface area contributed by atoms with Crippen LogP contribution in [0.2, 0.25) is 0 Å². The zero-order valence-electron chi connectivity index (χ0n) is 12.8. The molecule has 1 aromatic heterocycles. The Morgan fingerprint density at radius 2 is 1.92 bits per heavy atom. The van der Waals surface area contributed by atoms with E-state index in [1.165, 1.54) is 18.2 Å². The highest BCUT2D eigenvalue weighted by molar-refractivity contribution is 7.94. The fraction of sp³-hybridized carbons (Fsp3) is 0.182. The largest absolute Gasteiger partial charge is 0.296 e. The molecule has 0 bridgehead atoms. The van der Waals surface area contributed by atoms with Gasteiger partial charge in [-0.1, -0.05) is 5.04 Å². The predicted molar refractivity (Wildman–Crippen MR) is 87.2 cm³/mol. The SMILES string of the molecule is Cc1cc(NS(C)(=O)=O)n(-c2cc(SOOO)ccc2S(=O)(=O)O)n1. The van der Waals surface area contributed by atoms with Crippen molar-refractivity contribution >= 4 is 38.0 Å². The fourth-order valence-electron chi connectivity index (χ4n) is 1.93. The third-order valence-electron chi connectivity index (χ3n) is 2.72. The summed E-state index contributed by atoms with van der Waals surface area (Å²) in [6, 6.07) is 4.96. The van der Waals surface area contributed by atoms with Gasteiger partial charge in [-0.05, 0) is 25.1 Å². The fourth-order valence-corrected chi connectivity index (χ4v) is 3.50. The zero-order valence-corrected chi connectivity index (χ0v) is 15.2. The monoisotopic (exact) mass is 411 g/mol. The van der Waals surface area contributed by atoms with Crippen molar-refractivity contribution in [3.05, 3.63) is 30.0 Å². The lowest BCUT2D eigenvalue weighted by Crippen LogP contribution is -2.15. The van der Waals surface area contributed by atoms with Crippen LogP contribution in [0, 0.1) is 6.92 Å². The van der Waals surface area contributed by atoms with Gasteiger partial charge >= 0.3 is 0 Å². The van der Waals surface area contributed by atoms with Gasteiger partial charge in [-0.15, -0.1) is 4.33 Å². The van der Waals surface area contributed by atoms with Crippen molar-refractivity contribution in [2.24, 2.45) is 0 Å². The van der Waals surface area contributed by atoms with E-state index in [9.17, 15) is 21.4 Å². The van der Waals surface area contributed by atoms with Crippen LogP contribution in [0.3, 0.4) is 0 Å². The summed E-state index contributed by atoms with van der Waals surface area (Å²) in [5, 5.41) is 15.7. The van der Waals surface area contributed by atoms with Gasteiger partial charge in [-0.25, -0.2) is 18.4 Å². The van der Waals surface area contributed by atoms with Crippen molar-refractivity contribution in [2.75, 3.05) is 11.0 Å². The summed E-state index contributed by atoms with van der Waals surface area (Å²) in [4.78, 5) is -0.240. The molecule has 11 nitrogen and oxygen atoms in total. The minimum Gasteiger partial charge on any atom is -0.282 e. The maximum Gasteiger partial charge on any atom is 0.296 e. The normalized spacial score (nSPS) is 12.3. The number of hydrogen-bond donors (Lipinski definition) is 3. The van der Waals surface area contributed by atoms with Crippen LogP contribution in [0.15, 0.2) is 34.1 Å². The third-order valence-corrected chi connectivity index (χ3v) is 4.77. The van der Waals surface area contributed by atoms with Gasteiger partial charge in [0.15, 0.2) is 0 Å². The van der Waals surface area contributed by atoms with Crippen LogP contribution in [0.5, 0.6) is 0 Å². The van der Waals surface area contributed by atoms with E-state index in [2.05, 4.69) is 19.2 Å². The molecule has 0 unspecified atom stereocenters. The molecule has 14 heteroatoms. The molecular formula is C11H13N3O8S3. The lowest BCUT2D eigenvalue weighted by molar-refractivity contribution is -0.432. The van der Waals surface area contributed by atoms with Gasteiger partial charge in [0.1, 0.15) is 10.7 Å². The second-order valence-electron chi connectivity index (χ2n) is 4.79. The first kappa shape index (κ1) is 19.6. The predicted octanol–water partition coefficient (Wildman–Crippen LogP) is 1.23. The zero-order chi connectivity index (χ0) is 18.8. The molecule has 3 N–H and O–H groups in total. The summed E-state index contributed by atoms with van der Waals surface area (Å²) in [5.41, 5.74) is 0.244. The number of hydrogen-bond acceptors (Lipinski definition) is 9. The molecular weight excluding hydrogens is 398 g/mol. The van der Waals surface area contributed by atoms with Crippen LogP contribution in [0.4, 0.5) is 5.82 Å². The Balaban J connectivity index is 2.67. The molecule has 0 atom stereocenters. The number of nitrogens with one attached hydrogen (secondary N) is 1. The average molecular weight is 411 g/mol. The number of nitrogens with zero attached hydrogens (tertiary/aromatic N) is 2. The van der Waals surface area contributed by atoms with Gasteiger partial charge < -0.3 is 0 Å². The van der Waals surface area contributed by atoms with E-state index >= 15 is 0 Å². The molecule has 25 heavy (non-hydrogen) atoms. The summed E-state index contributed by atoms with van der Waals surface area (Å²) >= 11 is 0.546. The Labute approximate surface area is 147 Å². The molecule has 138 valence electrons. The molecule has 0 amide bonds. The molecule has 0 aliphatic heterocycles. The van der Waals surface area contributed by atoms with Crippen LogP contribution in [0.1, 0.15) is 5.69 Å². The standard InChI is InChI=1S/C11H13N3O8S3/c1-7-5-11(13-24(2,16)17)14(12-7)9-6-8(23-22-21-15)3-4-10(9)25(18,19)20/h3-6,13,15H,1-2H3,(H,18,19,20). The lowest BCUT2D eigenvalue weighted by atomic mass is 10.3. The molecule has 0 saturated heterocycles. The first-order valence-corrected chi connectivity index (χ1v) is 10.4. The number of aromatic nitrogens is 2. The third kappa shape index (κ3) is 5.15. The van der Waals surface area contributed by atoms with Crippen LogP contribution in [0.25, 0.3) is 5.69 Å². The minimum atomic E-state index is -4.64. The van der Waals surface area contributed by atoms with Crippen LogP contribution in [-0.2, 0) is 29.5 Å².